The maximum Gasteiger partial charge on any atom is 0.266 e. The van der Waals surface area contributed by atoms with Gasteiger partial charge in [0, 0.05) is 24.6 Å². The van der Waals surface area contributed by atoms with E-state index in [4.69, 9.17) is 28.5 Å². The van der Waals surface area contributed by atoms with E-state index in [-0.39, 0.29) is 5.57 Å². The highest BCUT2D eigenvalue weighted by Crippen LogP contribution is 2.25. The Morgan fingerprint density at radius 3 is 2.67 bits per heavy atom. The zero-order chi connectivity index (χ0) is 15.4. The molecular weight excluding hydrogens is 309 g/mol. The predicted octanol–water partition coefficient (Wildman–Crippen LogP) is 3.88. The second-order valence-corrected chi connectivity index (χ2v) is 5.11. The number of nitriles is 1. The molecule has 1 amide bonds. The van der Waals surface area contributed by atoms with Crippen LogP contribution in [0, 0.1) is 11.3 Å². The lowest BCUT2D eigenvalue weighted by Crippen LogP contribution is -2.13. The molecule has 1 aromatic heterocycles. The van der Waals surface area contributed by atoms with Gasteiger partial charge < -0.3 is 9.88 Å². The summed E-state index contributed by atoms with van der Waals surface area (Å²) in [5.41, 5.74) is 1.24. The molecule has 21 heavy (non-hydrogen) atoms. The lowest BCUT2D eigenvalue weighted by molar-refractivity contribution is -0.112. The van der Waals surface area contributed by atoms with Crippen LogP contribution in [0.25, 0.3) is 6.08 Å². The first kappa shape index (κ1) is 15.2. The van der Waals surface area contributed by atoms with Crippen molar-refractivity contribution in [3.63, 3.8) is 0 Å². The molecule has 0 saturated carbocycles. The molecule has 1 aromatic carbocycles. The number of aromatic nitrogens is 1. The zero-order valence-corrected chi connectivity index (χ0v) is 12.6. The van der Waals surface area contributed by atoms with Crippen LogP contribution in [0.3, 0.4) is 0 Å². The summed E-state index contributed by atoms with van der Waals surface area (Å²) >= 11 is 11.7. The van der Waals surface area contributed by atoms with E-state index in [1.165, 1.54) is 12.1 Å². The van der Waals surface area contributed by atoms with E-state index in [1.807, 2.05) is 36.0 Å². The number of aryl methyl sites for hydroxylation is 1. The molecule has 0 atom stereocenters. The fourth-order valence-electron chi connectivity index (χ4n) is 1.69. The van der Waals surface area contributed by atoms with E-state index in [0.717, 1.165) is 5.69 Å². The first-order valence-corrected chi connectivity index (χ1v) is 6.76. The van der Waals surface area contributed by atoms with Gasteiger partial charge in [-0.3, -0.25) is 4.79 Å². The Kier molecular flexibility index (Phi) is 4.69. The number of nitrogens with zero attached hydrogens (tertiary/aromatic N) is 2. The summed E-state index contributed by atoms with van der Waals surface area (Å²) in [6, 6.07) is 10.2. The van der Waals surface area contributed by atoms with E-state index in [9.17, 15) is 4.79 Å². The average Bonchev–Trinajstić information content (AvgIpc) is 2.85. The standard InChI is InChI=1S/C15H11Cl2N3O/c1-20-6-2-3-12(20)7-10(9-18)15(21)19-11-4-5-13(16)14(17)8-11/h2-8H,1H3,(H,19,21)/b10-7-. The molecule has 0 aliphatic carbocycles. The van der Waals surface area contributed by atoms with Gasteiger partial charge in [0.2, 0.25) is 0 Å². The van der Waals surface area contributed by atoms with Gasteiger partial charge in [-0.1, -0.05) is 23.2 Å². The number of halogens is 2. The number of hydrogen-bond acceptors (Lipinski definition) is 2. The minimum Gasteiger partial charge on any atom is -0.351 e. The monoisotopic (exact) mass is 319 g/mol. The zero-order valence-electron chi connectivity index (χ0n) is 11.1. The van der Waals surface area contributed by atoms with Gasteiger partial charge >= 0.3 is 0 Å². The highest BCUT2D eigenvalue weighted by atomic mass is 35.5. The van der Waals surface area contributed by atoms with Gasteiger partial charge in [0.15, 0.2) is 0 Å². The maximum atomic E-state index is 12.1. The number of rotatable bonds is 3. The van der Waals surface area contributed by atoms with Gasteiger partial charge in [0.25, 0.3) is 5.91 Å². The molecule has 0 unspecified atom stereocenters. The molecule has 0 spiro atoms. The van der Waals surface area contributed by atoms with Gasteiger partial charge in [0.1, 0.15) is 11.6 Å². The Morgan fingerprint density at radius 2 is 2.10 bits per heavy atom. The Labute approximate surface area is 132 Å². The number of nitrogens with one attached hydrogen (secondary N) is 1. The van der Waals surface area contributed by atoms with E-state index in [2.05, 4.69) is 5.32 Å². The molecule has 1 N–H and O–H groups in total. The molecule has 0 aliphatic heterocycles. The predicted molar refractivity (Wildman–Crippen MR) is 84.1 cm³/mol. The Hall–Kier alpha value is -2.22. The molecule has 4 nitrogen and oxygen atoms in total. The van der Waals surface area contributed by atoms with Crippen LogP contribution in [0.1, 0.15) is 5.69 Å². The lowest BCUT2D eigenvalue weighted by atomic mass is 10.2. The van der Waals surface area contributed by atoms with Crippen LogP contribution in [0.5, 0.6) is 0 Å². The maximum absolute atomic E-state index is 12.1. The number of amides is 1. The summed E-state index contributed by atoms with van der Waals surface area (Å²) < 4.78 is 1.81. The molecule has 6 heteroatoms. The smallest absolute Gasteiger partial charge is 0.266 e. The minimum absolute atomic E-state index is 0.00266. The molecule has 0 bridgehead atoms. The molecule has 1 heterocycles. The Morgan fingerprint density at radius 1 is 1.33 bits per heavy atom. The minimum atomic E-state index is -0.503. The molecule has 2 aromatic rings. The van der Waals surface area contributed by atoms with E-state index in [1.54, 1.807) is 12.1 Å². The number of anilines is 1. The number of benzene rings is 1. The fourth-order valence-corrected chi connectivity index (χ4v) is 1.99. The van der Waals surface area contributed by atoms with Crippen molar-refractivity contribution in [2.45, 2.75) is 0 Å². The van der Waals surface area contributed by atoms with E-state index < -0.39 is 5.91 Å². The van der Waals surface area contributed by atoms with Crippen LogP contribution >= 0.6 is 23.2 Å². The third-order valence-corrected chi connectivity index (χ3v) is 3.56. The SMILES string of the molecule is Cn1cccc1/C=C(/C#N)C(=O)Nc1ccc(Cl)c(Cl)c1. The number of hydrogen-bond donors (Lipinski definition) is 1. The van der Waals surface area contributed by atoms with Crippen LogP contribution in [0.2, 0.25) is 10.0 Å². The summed E-state index contributed by atoms with van der Waals surface area (Å²) in [6.07, 6.45) is 3.35. The van der Waals surface area contributed by atoms with Crippen LogP contribution in [-0.2, 0) is 11.8 Å². The van der Waals surface area contributed by atoms with Gasteiger partial charge in [0.05, 0.1) is 10.0 Å². The number of carbonyl (C=O) groups is 1. The summed E-state index contributed by atoms with van der Waals surface area (Å²) in [7, 11) is 1.83. The molecule has 0 aliphatic rings. The van der Waals surface area contributed by atoms with Crippen molar-refractivity contribution in [2.24, 2.45) is 7.05 Å². The Balaban J connectivity index is 2.22. The summed E-state index contributed by atoms with van der Waals surface area (Å²) in [6.45, 7) is 0. The van der Waals surface area contributed by atoms with Crippen molar-refractivity contribution in [3.8, 4) is 6.07 Å². The Bertz CT molecular complexity index is 757. The third kappa shape index (κ3) is 3.66. The molecule has 106 valence electrons. The molecule has 0 saturated heterocycles. The highest BCUT2D eigenvalue weighted by Gasteiger charge is 2.11. The van der Waals surface area contributed by atoms with Crippen molar-refractivity contribution in [2.75, 3.05) is 5.32 Å². The van der Waals surface area contributed by atoms with E-state index in [0.29, 0.717) is 15.7 Å². The fraction of sp³-hybridized carbons (Fsp3) is 0.0667. The van der Waals surface area contributed by atoms with Crippen molar-refractivity contribution in [1.29, 1.82) is 5.26 Å². The van der Waals surface area contributed by atoms with Crippen LogP contribution < -0.4 is 5.32 Å². The molecule has 0 radical (unpaired) electrons. The quantitative estimate of drug-likeness (QED) is 0.689. The van der Waals surface area contributed by atoms with Gasteiger partial charge in [-0.2, -0.15) is 5.26 Å². The summed E-state index contributed by atoms with van der Waals surface area (Å²) in [4.78, 5) is 12.1. The van der Waals surface area contributed by atoms with Crippen LogP contribution in [0.15, 0.2) is 42.1 Å². The molecule has 0 fully saturated rings. The van der Waals surface area contributed by atoms with Gasteiger partial charge in [-0.25, -0.2) is 0 Å². The second-order valence-electron chi connectivity index (χ2n) is 4.30. The van der Waals surface area contributed by atoms with E-state index >= 15 is 0 Å². The van der Waals surface area contributed by atoms with Crippen LogP contribution in [0.4, 0.5) is 5.69 Å². The topological polar surface area (TPSA) is 57.8 Å². The van der Waals surface area contributed by atoms with Crippen LogP contribution in [-0.4, -0.2) is 10.5 Å². The first-order chi connectivity index (χ1) is 10.0. The van der Waals surface area contributed by atoms with Crippen molar-refractivity contribution in [1.82, 2.24) is 4.57 Å². The second kappa shape index (κ2) is 6.49. The summed E-state index contributed by atoms with van der Waals surface area (Å²) in [5.74, 6) is -0.503. The van der Waals surface area contributed by atoms with Crippen molar-refractivity contribution < 1.29 is 4.79 Å². The normalized spacial score (nSPS) is 11.0. The van der Waals surface area contributed by atoms with Crippen molar-refractivity contribution >= 4 is 40.9 Å². The van der Waals surface area contributed by atoms with Crippen molar-refractivity contribution in [3.05, 3.63) is 57.8 Å². The summed E-state index contributed by atoms with van der Waals surface area (Å²) in [5, 5.41) is 12.5. The third-order valence-electron chi connectivity index (χ3n) is 2.82. The average molecular weight is 320 g/mol. The lowest BCUT2D eigenvalue weighted by Gasteiger charge is -2.06. The van der Waals surface area contributed by atoms with Gasteiger partial charge in [-0.15, -0.1) is 0 Å². The van der Waals surface area contributed by atoms with Gasteiger partial charge in [-0.05, 0) is 36.4 Å². The first-order valence-electron chi connectivity index (χ1n) is 6.01. The molecular formula is C15H11Cl2N3O. The largest absolute Gasteiger partial charge is 0.351 e. The number of carbonyl (C=O) groups excluding carboxylic acids is 1. The molecule has 2 rings (SSSR count). The highest BCUT2D eigenvalue weighted by molar-refractivity contribution is 6.42.